The molecule has 1 heterocycles. The number of carboxylic acids is 1. The molecule has 0 N–H and O–H groups in total. The van der Waals surface area contributed by atoms with Crippen LogP contribution in [0.3, 0.4) is 0 Å². The van der Waals surface area contributed by atoms with E-state index in [4.69, 9.17) is 9.47 Å². The van der Waals surface area contributed by atoms with Gasteiger partial charge in [-0.2, -0.15) is 0 Å². The number of aliphatic carboxylic acids is 1. The maximum Gasteiger partial charge on any atom is 0.317 e. The molecule has 2 aliphatic carbocycles. The normalized spacial score (nSPS) is 37.7. The van der Waals surface area contributed by atoms with E-state index in [1.807, 2.05) is 6.92 Å². The van der Waals surface area contributed by atoms with Gasteiger partial charge < -0.3 is 19.4 Å². The molecule has 0 aromatic rings. The number of hydrogen-bond donors (Lipinski definition) is 0. The van der Waals surface area contributed by atoms with Gasteiger partial charge in [0, 0.05) is 12.8 Å². The van der Waals surface area contributed by atoms with Crippen molar-refractivity contribution in [2.75, 3.05) is 0 Å². The van der Waals surface area contributed by atoms with E-state index in [2.05, 4.69) is 6.08 Å². The average molecular weight is 387 g/mol. The zero-order valence-corrected chi connectivity index (χ0v) is 16.9. The largest absolute Gasteiger partial charge is 0.545 e. The van der Waals surface area contributed by atoms with Gasteiger partial charge in [0.1, 0.15) is 16.6 Å². The van der Waals surface area contributed by atoms with Gasteiger partial charge in [-0.3, -0.25) is 9.59 Å². The van der Waals surface area contributed by atoms with Crippen LogP contribution in [0.4, 0.5) is 0 Å². The summed E-state index contributed by atoms with van der Waals surface area (Å²) in [5.41, 5.74) is -1.52. The molecular formula is C22H27O6-. The molecule has 3 aliphatic rings. The van der Waals surface area contributed by atoms with Gasteiger partial charge in [-0.05, 0) is 64.5 Å². The molecule has 1 saturated carbocycles. The van der Waals surface area contributed by atoms with Crippen molar-refractivity contribution >= 4 is 17.9 Å². The molecule has 28 heavy (non-hydrogen) atoms. The number of carbonyl (C=O) groups is 3. The number of cyclic esters (lactones) is 1. The SMILES string of the molecule is CC(=O)O[C@]12CCC(C)=CC[C@]13CC[C@H]2[C@@](C)(/C=C/C=C(\C)C(=O)[O-])OC3=O. The highest BCUT2D eigenvalue weighted by molar-refractivity contribution is 5.84. The van der Waals surface area contributed by atoms with E-state index in [-0.39, 0.29) is 17.5 Å². The molecular weight excluding hydrogens is 360 g/mol. The van der Waals surface area contributed by atoms with Crippen LogP contribution in [0, 0.1) is 11.3 Å². The van der Waals surface area contributed by atoms with Crippen molar-refractivity contribution in [2.24, 2.45) is 11.3 Å². The highest BCUT2D eigenvalue weighted by Crippen LogP contribution is 2.65. The Morgan fingerprint density at radius 3 is 2.68 bits per heavy atom. The third-order valence-electron chi connectivity index (χ3n) is 6.74. The minimum absolute atomic E-state index is 0.0757. The van der Waals surface area contributed by atoms with Gasteiger partial charge in [0.25, 0.3) is 0 Å². The first-order valence-corrected chi connectivity index (χ1v) is 9.72. The molecule has 0 unspecified atom stereocenters. The molecule has 152 valence electrons. The molecule has 0 aromatic carbocycles. The highest BCUT2D eigenvalue weighted by Gasteiger charge is 2.74. The molecule has 0 amide bonds. The van der Waals surface area contributed by atoms with E-state index in [0.717, 1.165) is 6.42 Å². The van der Waals surface area contributed by atoms with E-state index in [0.29, 0.717) is 25.7 Å². The van der Waals surface area contributed by atoms with Crippen molar-refractivity contribution in [3.63, 3.8) is 0 Å². The van der Waals surface area contributed by atoms with Crippen LogP contribution in [-0.4, -0.2) is 29.1 Å². The number of carboxylic acid groups (broad SMARTS) is 1. The highest BCUT2D eigenvalue weighted by atomic mass is 16.6. The molecule has 0 radical (unpaired) electrons. The molecule has 1 saturated heterocycles. The van der Waals surface area contributed by atoms with E-state index in [1.165, 1.54) is 25.5 Å². The summed E-state index contributed by atoms with van der Waals surface area (Å²) in [6, 6.07) is 0. The first-order chi connectivity index (χ1) is 13.1. The molecule has 3 rings (SSSR count). The smallest absolute Gasteiger partial charge is 0.317 e. The van der Waals surface area contributed by atoms with Crippen molar-refractivity contribution in [1.29, 1.82) is 0 Å². The van der Waals surface area contributed by atoms with Crippen LogP contribution >= 0.6 is 0 Å². The summed E-state index contributed by atoms with van der Waals surface area (Å²) in [7, 11) is 0. The molecule has 0 aromatic heterocycles. The van der Waals surface area contributed by atoms with Crippen LogP contribution in [0.15, 0.2) is 35.5 Å². The van der Waals surface area contributed by atoms with Crippen LogP contribution in [0.2, 0.25) is 0 Å². The van der Waals surface area contributed by atoms with Gasteiger partial charge in [0.15, 0.2) is 0 Å². The second kappa shape index (κ2) is 6.90. The lowest BCUT2D eigenvalue weighted by atomic mass is 9.62. The van der Waals surface area contributed by atoms with Gasteiger partial charge in [0.05, 0.1) is 5.97 Å². The molecule has 2 fully saturated rings. The summed E-state index contributed by atoms with van der Waals surface area (Å²) >= 11 is 0. The summed E-state index contributed by atoms with van der Waals surface area (Å²) in [4.78, 5) is 36.3. The van der Waals surface area contributed by atoms with Gasteiger partial charge in [-0.1, -0.05) is 23.8 Å². The Balaban J connectivity index is 2.07. The van der Waals surface area contributed by atoms with Crippen molar-refractivity contribution in [3.05, 3.63) is 35.5 Å². The molecule has 2 bridgehead atoms. The topological polar surface area (TPSA) is 92.7 Å². The Bertz CT molecular complexity index is 806. The Hall–Kier alpha value is -2.37. The lowest BCUT2D eigenvalue weighted by Crippen LogP contribution is -2.65. The van der Waals surface area contributed by atoms with Crippen LogP contribution in [0.25, 0.3) is 0 Å². The Morgan fingerprint density at radius 2 is 2.04 bits per heavy atom. The van der Waals surface area contributed by atoms with Crippen LogP contribution in [0.1, 0.15) is 59.8 Å². The van der Waals surface area contributed by atoms with E-state index in [1.54, 1.807) is 19.1 Å². The van der Waals surface area contributed by atoms with Gasteiger partial charge >= 0.3 is 11.9 Å². The molecule has 4 atom stereocenters. The van der Waals surface area contributed by atoms with Crippen LogP contribution in [0.5, 0.6) is 0 Å². The first kappa shape index (κ1) is 20.4. The van der Waals surface area contributed by atoms with Gasteiger partial charge in [0.2, 0.25) is 0 Å². The maximum absolute atomic E-state index is 13.3. The number of esters is 2. The minimum atomic E-state index is -1.25. The Labute approximate surface area is 165 Å². The summed E-state index contributed by atoms with van der Waals surface area (Å²) < 4.78 is 11.9. The summed E-state index contributed by atoms with van der Waals surface area (Å²) in [6.07, 6.45) is 9.89. The third kappa shape index (κ3) is 2.99. The van der Waals surface area contributed by atoms with Crippen molar-refractivity contribution in [2.45, 2.75) is 71.0 Å². The minimum Gasteiger partial charge on any atom is -0.545 e. The maximum atomic E-state index is 13.3. The average Bonchev–Trinajstić information content (AvgIpc) is 2.77. The number of allylic oxidation sites excluding steroid dienone is 4. The predicted molar refractivity (Wildman–Crippen MR) is 99.7 cm³/mol. The van der Waals surface area contributed by atoms with Crippen molar-refractivity contribution in [3.8, 4) is 0 Å². The number of carbonyl (C=O) groups excluding carboxylic acids is 3. The van der Waals surface area contributed by atoms with Crippen molar-refractivity contribution < 1.29 is 29.0 Å². The first-order valence-electron chi connectivity index (χ1n) is 9.72. The lowest BCUT2D eigenvalue weighted by molar-refractivity contribution is -0.299. The fourth-order valence-corrected chi connectivity index (χ4v) is 5.25. The molecule has 0 spiro atoms. The summed E-state index contributed by atoms with van der Waals surface area (Å²) in [5, 5.41) is 10.9. The zero-order chi connectivity index (χ0) is 20.7. The van der Waals surface area contributed by atoms with Gasteiger partial charge in [-0.25, -0.2) is 0 Å². The lowest BCUT2D eigenvalue weighted by Gasteiger charge is -2.54. The monoisotopic (exact) mass is 387 g/mol. The standard InChI is InChI=1S/C22H28O6/c1-14-7-11-21-12-9-17(22(21,13-8-14)27-16(3)23)20(4,28-19(21)26)10-5-6-15(2)18(24)25/h5-7,10,17H,8-9,11-13H2,1-4H3,(H,24,25)/p-1/b10-5+,15-6+/t17-,20+,21+,22-/m0/s1. The number of ether oxygens (including phenoxy) is 2. The van der Waals surface area contributed by atoms with Crippen molar-refractivity contribution in [1.82, 2.24) is 0 Å². The van der Waals surface area contributed by atoms with Crippen LogP contribution in [-0.2, 0) is 23.9 Å². The molecule has 6 heteroatoms. The molecule has 6 nitrogen and oxygen atoms in total. The van der Waals surface area contributed by atoms with E-state index < -0.39 is 28.6 Å². The van der Waals surface area contributed by atoms with Crippen LogP contribution < -0.4 is 5.11 Å². The van der Waals surface area contributed by atoms with Gasteiger partial charge in [-0.15, -0.1) is 0 Å². The predicted octanol–water partition coefficient (Wildman–Crippen LogP) is 2.38. The summed E-state index contributed by atoms with van der Waals surface area (Å²) in [6.45, 7) is 6.66. The summed E-state index contributed by atoms with van der Waals surface area (Å²) in [5.74, 6) is -2.20. The second-order valence-electron chi connectivity index (χ2n) is 8.48. The third-order valence-corrected chi connectivity index (χ3v) is 6.74. The van der Waals surface area contributed by atoms with E-state index >= 15 is 0 Å². The number of rotatable bonds is 4. The fraction of sp³-hybridized carbons (Fsp3) is 0.591. The fourth-order valence-electron chi connectivity index (χ4n) is 5.25. The molecule has 1 aliphatic heterocycles. The zero-order valence-electron chi connectivity index (χ0n) is 16.9. The second-order valence-corrected chi connectivity index (χ2v) is 8.48. The quantitative estimate of drug-likeness (QED) is 0.318. The number of hydrogen-bond acceptors (Lipinski definition) is 6. The Morgan fingerprint density at radius 1 is 1.32 bits per heavy atom. The Kier molecular flexibility index (Phi) is 5.02. The van der Waals surface area contributed by atoms with E-state index in [9.17, 15) is 19.5 Å².